The number of carbonyl (C=O) groups is 3. The average molecular weight is 407 g/mol. The molecule has 0 spiro atoms. The summed E-state index contributed by atoms with van der Waals surface area (Å²) in [5.74, 6) is -0.574. The van der Waals surface area contributed by atoms with Crippen LogP contribution in [0.1, 0.15) is 24.8 Å². The lowest BCUT2D eigenvalue weighted by atomic mass is 9.94. The van der Waals surface area contributed by atoms with E-state index in [4.69, 9.17) is 0 Å². The maximum atomic E-state index is 12.9. The van der Waals surface area contributed by atoms with Gasteiger partial charge in [0.2, 0.25) is 17.7 Å². The predicted molar refractivity (Wildman–Crippen MR) is 111 cm³/mol. The van der Waals surface area contributed by atoms with Gasteiger partial charge >= 0.3 is 0 Å². The number of piperidine rings is 1. The van der Waals surface area contributed by atoms with Crippen molar-refractivity contribution in [2.24, 2.45) is 5.92 Å². The largest absolute Gasteiger partial charge is 0.506 e. The number of nitrogens with zero attached hydrogens (tertiary/aromatic N) is 2. The first-order chi connectivity index (χ1) is 14.5. The highest BCUT2D eigenvalue weighted by molar-refractivity contribution is 6.05. The number of anilines is 1. The van der Waals surface area contributed by atoms with Crippen molar-refractivity contribution >= 4 is 23.4 Å². The van der Waals surface area contributed by atoms with E-state index in [1.165, 1.54) is 11.0 Å². The normalized spacial score (nSPS) is 20.5. The molecule has 2 aliphatic heterocycles. The van der Waals surface area contributed by atoms with Gasteiger partial charge in [0, 0.05) is 5.92 Å². The molecule has 4 rings (SSSR count). The molecule has 0 bridgehead atoms. The summed E-state index contributed by atoms with van der Waals surface area (Å²) >= 11 is 0. The summed E-state index contributed by atoms with van der Waals surface area (Å²) in [5, 5.41) is 12.6. The molecule has 2 aliphatic rings. The lowest BCUT2D eigenvalue weighted by molar-refractivity contribution is -0.140. The molecule has 0 aromatic heterocycles. The molecule has 7 nitrogen and oxygen atoms in total. The molecule has 0 saturated carbocycles. The number of hydrogen-bond acceptors (Lipinski definition) is 5. The van der Waals surface area contributed by atoms with Crippen LogP contribution in [-0.2, 0) is 20.9 Å². The number of imide groups is 1. The SMILES string of the molecule is O=C(Nc1ccccc1O)C1CCN([C@@H]2CC(=O)N(Cc3ccccc3)C2=O)CC1. The lowest BCUT2D eigenvalue weighted by Crippen LogP contribution is -2.47. The Morgan fingerprint density at radius 1 is 1.00 bits per heavy atom. The molecule has 2 fully saturated rings. The van der Waals surface area contributed by atoms with E-state index >= 15 is 0 Å². The van der Waals surface area contributed by atoms with Gasteiger partial charge in [-0.1, -0.05) is 42.5 Å². The van der Waals surface area contributed by atoms with Crippen LogP contribution < -0.4 is 5.32 Å². The number of phenols is 1. The van der Waals surface area contributed by atoms with Crippen LogP contribution in [0.3, 0.4) is 0 Å². The molecule has 30 heavy (non-hydrogen) atoms. The van der Waals surface area contributed by atoms with Crippen molar-refractivity contribution in [2.75, 3.05) is 18.4 Å². The number of nitrogens with one attached hydrogen (secondary N) is 1. The minimum atomic E-state index is -0.441. The van der Waals surface area contributed by atoms with Crippen LogP contribution in [0.4, 0.5) is 5.69 Å². The van der Waals surface area contributed by atoms with E-state index in [-0.39, 0.29) is 35.8 Å². The number of aromatic hydroxyl groups is 1. The topological polar surface area (TPSA) is 89.9 Å². The van der Waals surface area contributed by atoms with Crippen LogP contribution in [0.5, 0.6) is 5.75 Å². The van der Waals surface area contributed by atoms with Crippen molar-refractivity contribution in [3.8, 4) is 5.75 Å². The van der Waals surface area contributed by atoms with E-state index in [0.717, 1.165) is 5.56 Å². The smallest absolute Gasteiger partial charge is 0.247 e. The summed E-state index contributed by atoms with van der Waals surface area (Å²) in [6.45, 7) is 1.47. The summed E-state index contributed by atoms with van der Waals surface area (Å²) in [4.78, 5) is 41.2. The zero-order chi connectivity index (χ0) is 21.1. The maximum absolute atomic E-state index is 12.9. The van der Waals surface area contributed by atoms with Gasteiger partial charge in [0.1, 0.15) is 5.75 Å². The van der Waals surface area contributed by atoms with Gasteiger partial charge in [-0.15, -0.1) is 0 Å². The van der Waals surface area contributed by atoms with Gasteiger partial charge in [0.15, 0.2) is 0 Å². The van der Waals surface area contributed by atoms with Crippen LogP contribution >= 0.6 is 0 Å². The Labute approximate surface area is 175 Å². The van der Waals surface area contributed by atoms with Crippen LogP contribution in [0.25, 0.3) is 0 Å². The maximum Gasteiger partial charge on any atom is 0.247 e. The molecule has 1 atom stereocenters. The monoisotopic (exact) mass is 407 g/mol. The number of para-hydroxylation sites is 2. The number of benzene rings is 2. The van der Waals surface area contributed by atoms with Crippen molar-refractivity contribution in [3.63, 3.8) is 0 Å². The molecule has 7 heteroatoms. The minimum Gasteiger partial charge on any atom is -0.506 e. The van der Waals surface area contributed by atoms with E-state index in [1.807, 2.05) is 35.2 Å². The molecule has 2 heterocycles. The summed E-state index contributed by atoms with van der Waals surface area (Å²) in [5.41, 5.74) is 1.33. The standard InChI is InChI=1S/C23H25N3O4/c27-20-9-5-4-8-18(20)24-22(29)17-10-12-25(13-11-17)19-14-21(28)26(23(19)30)15-16-6-2-1-3-7-16/h1-9,17,19,27H,10-15H2,(H,24,29)/t19-/m1/s1. The van der Waals surface area contributed by atoms with E-state index < -0.39 is 6.04 Å². The third-order valence-corrected chi connectivity index (χ3v) is 5.91. The fourth-order valence-corrected chi connectivity index (χ4v) is 4.17. The number of carbonyl (C=O) groups excluding carboxylic acids is 3. The summed E-state index contributed by atoms with van der Waals surface area (Å²) in [6, 6.07) is 15.7. The van der Waals surface area contributed by atoms with E-state index in [9.17, 15) is 19.5 Å². The van der Waals surface area contributed by atoms with Gasteiger partial charge in [-0.3, -0.25) is 24.2 Å². The number of likely N-dealkylation sites (tertiary alicyclic amines) is 2. The molecule has 0 radical (unpaired) electrons. The van der Waals surface area contributed by atoms with Gasteiger partial charge in [0.05, 0.1) is 24.7 Å². The summed E-state index contributed by atoms with van der Waals surface area (Å²) in [7, 11) is 0. The lowest BCUT2D eigenvalue weighted by Gasteiger charge is -2.34. The second-order valence-corrected chi connectivity index (χ2v) is 7.84. The molecule has 2 saturated heterocycles. The molecule has 2 aromatic carbocycles. The number of phenolic OH excluding ortho intramolecular Hbond substituents is 1. The first kappa shape index (κ1) is 20.1. The third kappa shape index (κ3) is 4.21. The zero-order valence-corrected chi connectivity index (χ0v) is 16.7. The fourth-order valence-electron chi connectivity index (χ4n) is 4.17. The fraction of sp³-hybridized carbons (Fsp3) is 0.348. The van der Waals surface area contributed by atoms with Crippen LogP contribution in [0, 0.1) is 5.92 Å². The summed E-state index contributed by atoms with van der Waals surface area (Å²) < 4.78 is 0. The Morgan fingerprint density at radius 3 is 2.37 bits per heavy atom. The van der Waals surface area contributed by atoms with Gasteiger partial charge in [-0.05, 0) is 43.6 Å². The van der Waals surface area contributed by atoms with Crippen LogP contribution in [0.15, 0.2) is 54.6 Å². The quantitative estimate of drug-likeness (QED) is 0.587. The molecule has 0 unspecified atom stereocenters. The second-order valence-electron chi connectivity index (χ2n) is 7.84. The Kier molecular flexibility index (Phi) is 5.81. The highest BCUT2D eigenvalue weighted by Gasteiger charge is 2.43. The van der Waals surface area contributed by atoms with Crippen molar-refractivity contribution in [2.45, 2.75) is 31.8 Å². The van der Waals surface area contributed by atoms with Crippen molar-refractivity contribution in [3.05, 3.63) is 60.2 Å². The minimum absolute atomic E-state index is 0.0388. The number of rotatable bonds is 5. The average Bonchev–Trinajstić information content (AvgIpc) is 3.04. The van der Waals surface area contributed by atoms with Crippen LogP contribution in [0.2, 0.25) is 0 Å². The Hall–Kier alpha value is -3.19. The number of hydrogen-bond donors (Lipinski definition) is 2. The van der Waals surface area contributed by atoms with Crippen molar-refractivity contribution in [1.82, 2.24) is 9.80 Å². The first-order valence-electron chi connectivity index (χ1n) is 10.2. The zero-order valence-electron chi connectivity index (χ0n) is 16.7. The van der Waals surface area contributed by atoms with Crippen LogP contribution in [-0.4, -0.2) is 51.8 Å². The highest BCUT2D eigenvalue weighted by Crippen LogP contribution is 2.28. The Bertz CT molecular complexity index is 938. The molecular weight excluding hydrogens is 382 g/mol. The molecule has 3 amide bonds. The van der Waals surface area contributed by atoms with Gasteiger partial charge in [-0.2, -0.15) is 0 Å². The summed E-state index contributed by atoms with van der Waals surface area (Å²) in [6.07, 6.45) is 1.41. The van der Waals surface area contributed by atoms with E-state index in [0.29, 0.717) is 38.2 Å². The second kappa shape index (κ2) is 8.67. The molecule has 2 N–H and O–H groups in total. The highest BCUT2D eigenvalue weighted by atomic mass is 16.3. The Balaban J connectivity index is 1.33. The molecule has 2 aromatic rings. The van der Waals surface area contributed by atoms with Gasteiger partial charge in [-0.25, -0.2) is 0 Å². The van der Waals surface area contributed by atoms with Crippen molar-refractivity contribution < 1.29 is 19.5 Å². The predicted octanol–water partition coefficient (Wildman–Crippen LogP) is 2.37. The third-order valence-electron chi connectivity index (χ3n) is 5.91. The van der Waals surface area contributed by atoms with Gasteiger partial charge in [0.25, 0.3) is 0 Å². The Morgan fingerprint density at radius 2 is 1.67 bits per heavy atom. The van der Waals surface area contributed by atoms with Gasteiger partial charge < -0.3 is 10.4 Å². The van der Waals surface area contributed by atoms with E-state index in [1.54, 1.807) is 18.2 Å². The molecule has 156 valence electrons. The number of amides is 3. The molecular formula is C23H25N3O4. The first-order valence-corrected chi connectivity index (χ1v) is 10.2. The van der Waals surface area contributed by atoms with E-state index in [2.05, 4.69) is 5.32 Å². The van der Waals surface area contributed by atoms with Crippen molar-refractivity contribution in [1.29, 1.82) is 0 Å². The molecule has 0 aliphatic carbocycles.